The van der Waals surface area contributed by atoms with E-state index in [1.54, 1.807) is 0 Å². The first-order valence-corrected chi connectivity index (χ1v) is 15.6. The number of halogens is 3. The van der Waals surface area contributed by atoms with Crippen LogP contribution in [-0.4, -0.2) is 17.4 Å². The summed E-state index contributed by atoms with van der Waals surface area (Å²) in [6.07, 6.45) is 3.87. The van der Waals surface area contributed by atoms with Crippen molar-refractivity contribution in [2.75, 3.05) is 0 Å². The summed E-state index contributed by atoms with van der Waals surface area (Å²) in [6, 6.07) is 13.6. The molecule has 3 nitrogen and oxygen atoms in total. The van der Waals surface area contributed by atoms with Crippen LogP contribution >= 0.6 is 0 Å². The van der Waals surface area contributed by atoms with Gasteiger partial charge < -0.3 is 37.2 Å². The maximum Gasteiger partial charge on any atom is 3.00 e. The third kappa shape index (κ3) is 12.3. The van der Waals surface area contributed by atoms with E-state index in [0.29, 0.717) is 35.5 Å². The summed E-state index contributed by atoms with van der Waals surface area (Å²) in [4.78, 5) is 15.1. The summed E-state index contributed by atoms with van der Waals surface area (Å²) >= 11 is 0. The number of pyridine rings is 1. The Labute approximate surface area is 326 Å². The zero-order valence-corrected chi connectivity index (χ0v) is 35.0. The van der Waals surface area contributed by atoms with Gasteiger partial charge in [-0.05, 0) is 93.5 Å². The molecule has 0 saturated carbocycles. The summed E-state index contributed by atoms with van der Waals surface area (Å²) in [7, 11) is 0. The number of benzene rings is 2. The largest absolute Gasteiger partial charge is 3.00 e. The topological polar surface area (TPSA) is 37.6 Å². The van der Waals surface area contributed by atoms with E-state index in [1.807, 2.05) is 12.4 Å². The second-order valence-electron chi connectivity index (χ2n) is 13.5. The summed E-state index contributed by atoms with van der Waals surface area (Å²) in [5.41, 5.74) is 13.0. The maximum atomic E-state index is 5.09. The van der Waals surface area contributed by atoms with Gasteiger partial charge in [-0.25, -0.2) is 4.98 Å². The molecule has 0 bridgehead atoms. The Kier molecular flexibility index (Phi) is 21.1. The monoisotopic (exact) mass is 798 g/mol. The van der Waals surface area contributed by atoms with Crippen LogP contribution < -0.4 is 37.2 Å². The third-order valence-electron chi connectivity index (χ3n) is 7.86. The van der Waals surface area contributed by atoms with Crippen LogP contribution in [0.5, 0.6) is 0 Å². The first-order valence-electron chi connectivity index (χ1n) is 15.6. The predicted molar refractivity (Wildman–Crippen MR) is 181 cm³/mol. The molecule has 3 aromatic rings. The summed E-state index contributed by atoms with van der Waals surface area (Å²) in [5.74, 6) is 2.52. The molecule has 7 heteroatoms. The Bertz CT molecular complexity index is 1260. The maximum absolute atomic E-state index is 5.09. The molecule has 0 aliphatic heterocycles. The average molecular weight is 802 g/mol. The van der Waals surface area contributed by atoms with Gasteiger partial charge in [-0.15, -0.1) is 0 Å². The van der Waals surface area contributed by atoms with Gasteiger partial charge in [0.25, 0.3) is 0 Å². The number of aryl methyl sites for hydroxylation is 1. The van der Waals surface area contributed by atoms with Gasteiger partial charge in [0.05, 0.1) is 35.2 Å². The number of aliphatic imine (C=N–C) groups is 2. The SMILES string of the molecule is Cc1cc(C=Nc2c(C(C)C)cc(C(C)C)cc2C(C)C)nc(C=Nc2c(C(C)C)cc(C(C)C)cc2C(C)C)c1.[Cl-].[Cl-].[Cl-].[Nd+3]. The minimum Gasteiger partial charge on any atom is -1.00 e. The van der Waals surface area contributed by atoms with E-state index in [4.69, 9.17) is 15.0 Å². The quantitative estimate of drug-likeness (QED) is 0.291. The zero-order chi connectivity index (χ0) is 30.6. The van der Waals surface area contributed by atoms with Gasteiger partial charge in [0.1, 0.15) is 0 Å². The molecule has 0 saturated heterocycles. The molecule has 0 fully saturated rings. The molecule has 3 rings (SSSR count). The van der Waals surface area contributed by atoms with E-state index < -0.39 is 0 Å². The van der Waals surface area contributed by atoms with Crippen LogP contribution in [0.2, 0.25) is 0 Å². The molecule has 0 N–H and O–H groups in total. The van der Waals surface area contributed by atoms with Gasteiger partial charge in [-0.1, -0.05) is 107 Å². The molecule has 1 heterocycles. The molecule has 45 heavy (non-hydrogen) atoms. The molecule has 245 valence electrons. The summed E-state index contributed by atoms with van der Waals surface area (Å²) in [5, 5.41) is 0. The van der Waals surface area contributed by atoms with E-state index in [-0.39, 0.29) is 78.1 Å². The Morgan fingerprint density at radius 2 is 0.733 bits per heavy atom. The summed E-state index contributed by atoms with van der Waals surface area (Å²) in [6.45, 7) is 29.2. The van der Waals surface area contributed by atoms with E-state index >= 15 is 0 Å². The molecule has 0 atom stereocenters. The third-order valence-corrected chi connectivity index (χ3v) is 7.86. The molecule has 2 aromatic carbocycles. The van der Waals surface area contributed by atoms with E-state index in [0.717, 1.165) is 28.3 Å². The van der Waals surface area contributed by atoms with Gasteiger partial charge in [0.15, 0.2) is 0 Å². The molecule has 0 aliphatic carbocycles. The predicted octanol–water partition coefficient (Wildman–Crippen LogP) is 2.64. The van der Waals surface area contributed by atoms with Crippen LogP contribution in [0.4, 0.5) is 11.4 Å². The number of hydrogen-bond donors (Lipinski definition) is 0. The van der Waals surface area contributed by atoms with Crippen LogP contribution in [0.1, 0.15) is 169 Å². The fraction of sp³-hybridized carbons (Fsp3) is 0.500. The first kappa shape index (κ1) is 46.3. The van der Waals surface area contributed by atoms with Crippen molar-refractivity contribution in [2.24, 2.45) is 9.98 Å². The molecular weight excluding hydrogens is 749 g/mol. The second-order valence-corrected chi connectivity index (χ2v) is 13.5. The van der Waals surface area contributed by atoms with Crippen LogP contribution in [-0.2, 0) is 0 Å². The second kappa shape index (κ2) is 20.5. The van der Waals surface area contributed by atoms with Crippen LogP contribution in [0, 0.1) is 47.8 Å². The molecule has 0 unspecified atom stereocenters. The molecule has 1 radical (unpaired) electrons. The van der Waals surface area contributed by atoms with Gasteiger partial charge in [0, 0.05) is 0 Å². The molecule has 1 aromatic heterocycles. The number of hydrogen-bond acceptors (Lipinski definition) is 3. The minimum absolute atomic E-state index is 0. The molecular formula is C38H53Cl3N3Nd. The Balaban J connectivity index is 0. The van der Waals surface area contributed by atoms with Gasteiger partial charge in [-0.3, -0.25) is 9.98 Å². The van der Waals surface area contributed by atoms with Crippen molar-refractivity contribution in [1.82, 2.24) is 4.98 Å². The smallest absolute Gasteiger partial charge is 1.00 e. The Morgan fingerprint density at radius 1 is 0.467 bits per heavy atom. The van der Waals surface area contributed by atoms with E-state index in [1.165, 1.54) is 33.4 Å². The molecule has 0 amide bonds. The first-order chi connectivity index (χ1) is 19.2. The van der Waals surface area contributed by atoms with Crippen molar-refractivity contribution < 1.29 is 78.1 Å². The number of aromatic nitrogens is 1. The van der Waals surface area contributed by atoms with Gasteiger partial charge in [-0.2, -0.15) is 0 Å². The van der Waals surface area contributed by atoms with Crippen molar-refractivity contribution >= 4 is 23.8 Å². The van der Waals surface area contributed by atoms with Crippen molar-refractivity contribution in [3.05, 3.63) is 86.7 Å². The standard InChI is InChI=1S/C38H53N3.3ClH.Nd/c1-22(2)29-16-33(24(5)6)37(34(17-29)25(7)8)39-20-31-14-28(13)15-32(41-31)21-40-38-35(26(9)10)18-30(23(3)4)19-36(38)27(11)12;;;;/h14-27H,1-13H3;3*1H;/q;;;;+3/p-3. The van der Waals surface area contributed by atoms with Crippen LogP contribution in [0.3, 0.4) is 0 Å². The van der Waals surface area contributed by atoms with Crippen molar-refractivity contribution in [1.29, 1.82) is 0 Å². The van der Waals surface area contributed by atoms with Crippen LogP contribution in [0.25, 0.3) is 0 Å². The van der Waals surface area contributed by atoms with Crippen molar-refractivity contribution in [2.45, 2.75) is 126 Å². The number of rotatable bonds is 10. The van der Waals surface area contributed by atoms with Crippen LogP contribution in [0.15, 0.2) is 46.4 Å². The van der Waals surface area contributed by atoms with E-state index in [9.17, 15) is 0 Å². The van der Waals surface area contributed by atoms with Gasteiger partial charge in [0.2, 0.25) is 0 Å². The Hall–Kier alpha value is -0.849. The van der Waals surface area contributed by atoms with Crippen molar-refractivity contribution in [3.63, 3.8) is 0 Å². The molecule has 0 spiro atoms. The summed E-state index contributed by atoms with van der Waals surface area (Å²) < 4.78 is 0. The zero-order valence-electron chi connectivity index (χ0n) is 29.6. The van der Waals surface area contributed by atoms with Gasteiger partial charge >= 0.3 is 40.8 Å². The van der Waals surface area contributed by atoms with Crippen molar-refractivity contribution in [3.8, 4) is 0 Å². The average Bonchev–Trinajstić information content (AvgIpc) is 2.88. The Morgan fingerprint density at radius 3 is 0.956 bits per heavy atom. The minimum atomic E-state index is 0. The fourth-order valence-corrected chi connectivity index (χ4v) is 5.25. The normalized spacial score (nSPS) is 11.5. The fourth-order valence-electron chi connectivity index (χ4n) is 5.25. The number of nitrogens with zero attached hydrogens (tertiary/aromatic N) is 3. The molecule has 0 aliphatic rings. The van der Waals surface area contributed by atoms with E-state index in [2.05, 4.69) is 126 Å².